The summed E-state index contributed by atoms with van der Waals surface area (Å²) in [4.78, 5) is 25.3. The van der Waals surface area contributed by atoms with E-state index in [1.807, 2.05) is 64.2 Å². The van der Waals surface area contributed by atoms with E-state index in [4.69, 9.17) is 9.72 Å². The normalized spacial score (nSPS) is 15.0. The maximum absolute atomic E-state index is 13.0. The molecule has 0 spiro atoms. The fraction of sp³-hybridized carbons (Fsp3) is 0.304. The van der Waals surface area contributed by atoms with Crippen molar-refractivity contribution >= 4 is 33.8 Å². The minimum absolute atomic E-state index is 0.148. The molecule has 0 atom stereocenters. The van der Waals surface area contributed by atoms with E-state index in [1.54, 1.807) is 7.11 Å². The molecule has 1 aliphatic heterocycles. The number of hydrogen-bond acceptors (Lipinski definition) is 4. The second kappa shape index (κ2) is 7.74. The summed E-state index contributed by atoms with van der Waals surface area (Å²) in [6.45, 7) is 3.47. The molecule has 4 aromatic rings. The Kier molecular flexibility index (Phi) is 4.78. The van der Waals surface area contributed by atoms with E-state index < -0.39 is 0 Å². The van der Waals surface area contributed by atoms with Crippen LogP contribution in [0.5, 0.6) is 5.75 Å². The summed E-state index contributed by atoms with van der Waals surface area (Å²) in [6, 6.07) is 16.0. The number of benzene rings is 2. The van der Waals surface area contributed by atoms with E-state index >= 15 is 0 Å². The summed E-state index contributed by atoms with van der Waals surface area (Å²) >= 11 is 0. The number of amides is 1. The van der Waals surface area contributed by atoms with Crippen molar-refractivity contribution in [1.82, 2.24) is 19.4 Å². The number of imidazole rings is 1. The number of ether oxygens (including phenoxy) is 1. The number of rotatable bonds is 4. The zero-order valence-corrected chi connectivity index (χ0v) is 17.0. The van der Waals surface area contributed by atoms with Crippen LogP contribution in [0.2, 0.25) is 0 Å². The second-order valence-corrected chi connectivity index (χ2v) is 7.67. The maximum atomic E-state index is 13.0. The van der Waals surface area contributed by atoms with Crippen molar-refractivity contribution in [3.63, 3.8) is 0 Å². The minimum atomic E-state index is 0.148. The number of fused-ring (bicyclic) bond motifs is 2. The minimum Gasteiger partial charge on any atom is -0.497 e. The lowest BCUT2D eigenvalue weighted by atomic mass is 10.2. The molecule has 2 aromatic carbocycles. The Hall–Kier alpha value is -3.48. The van der Waals surface area contributed by atoms with Crippen LogP contribution in [0.1, 0.15) is 6.42 Å². The molecule has 1 saturated heterocycles. The third kappa shape index (κ3) is 3.47. The first-order valence-corrected chi connectivity index (χ1v) is 10.3. The number of methoxy groups -OCH3 is 1. The van der Waals surface area contributed by atoms with Gasteiger partial charge in [0.25, 0.3) is 0 Å². The first-order chi connectivity index (χ1) is 14.7. The number of carbonyl (C=O) groups excluding carboxylic acids is 1. The Balaban J connectivity index is 1.27. The van der Waals surface area contributed by atoms with Crippen molar-refractivity contribution in [3.05, 3.63) is 54.7 Å². The number of aromatic amines is 1. The quantitative estimate of drug-likeness (QED) is 0.568. The smallest absolute Gasteiger partial charge is 0.242 e. The van der Waals surface area contributed by atoms with Crippen LogP contribution < -0.4 is 9.64 Å². The highest BCUT2D eigenvalue weighted by molar-refractivity contribution is 5.84. The summed E-state index contributed by atoms with van der Waals surface area (Å²) in [5.74, 6) is 1.86. The summed E-state index contributed by atoms with van der Waals surface area (Å²) in [6.07, 6.45) is 2.90. The Morgan fingerprint density at radius 1 is 1.10 bits per heavy atom. The zero-order valence-electron chi connectivity index (χ0n) is 17.0. The van der Waals surface area contributed by atoms with Crippen LogP contribution in [0.25, 0.3) is 21.9 Å². The van der Waals surface area contributed by atoms with Gasteiger partial charge in [0, 0.05) is 43.3 Å². The lowest BCUT2D eigenvalue weighted by Gasteiger charge is -2.22. The predicted octanol–water partition coefficient (Wildman–Crippen LogP) is 3.27. The van der Waals surface area contributed by atoms with E-state index in [1.165, 1.54) is 0 Å². The van der Waals surface area contributed by atoms with Gasteiger partial charge in [-0.1, -0.05) is 12.1 Å². The van der Waals surface area contributed by atoms with E-state index in [0.29, 0.717) is 13.1 Å². The van der Waals surface area contributed by atoms with E-state index in [0.717, 1.165) is 59.7 Å². The molecule has 1 fully saturated rings. The third-order valence-corrected chi connectivity index (χ3v) is 5.81. The molecule has 3 heterocycles. The van der Waals surface area contributed by atoms with Crippen molar-refractivity contribution in [2.24, 2.45) is 0 Å². The maximum Gasteiger partial charge on any atom is 0.242 e. The van der Waals surface area contributed by atoms with Gasteiger partial charge in [-0.05, 0) is 42.8 Å². The average Bonchev–Trinajstić information content (AvgIpc) is 3.29. The highest BCUT2D eigenvalue weighted by atomic mass is 16.5. The van der Waals surface area contributed by atoms with Crippen LogP contribution in [0.15, 0.2) is 54.7 Å². The first-order valence-electron chi connectivity index (χ1n) is 10.3. The Morgan fingerprint density at radius 2 is 2.00 bits per heavy atom. The SMILES string of the molecule is COc1ccc2c(ccn2CC(=O)N2CCCN(c3nc4ccccc4[nH]3)CC2)c1. The Morgan fingerprint density at radius 3 is 2.87 bits per heavy atom. The van der Waals surface area contributed by atoms with E-state index in [9.17, 15) is 4.79 Å². The largest absolute Gasteiger partial charge is 0.497 e. The fourth-order valence-corrected chi connectivity index (χ4v) is 4.16. The number of hydrogen-bond donors (Lipinski definition) is 1. The van der Waals surface area contributed by atoms with Gasteiger partial charge in [-0.3, -0.25) is 4.79 Å². The van der Waals surface area contributed by atoms with Crippen molar-refractivity contribution < 1.29 is 9.53 Å². The van der Waals surface area contributed by atoms with Crippen LogP contribution in [-0.2, 0) is 11.3 Å². The van der Waals surface area contributed by atoms with Crippen molar-refractivity contribution in [2.75, 3.05) is 38.2 Å². The molecular formula is C23H25N5O2. The topological polar surface area (TPSA) is 66.4 Å². The second-order valence-electron chi connectivity index (χ2n) is 7.67. The Bertz CT molecular complexity index is 1160. The van der Waals surface area contributed by atoms with Crippen LogP contribution in [0.3, 0.4) is 0 Å². The van der Waals surface area contributed by atoms with E-state index in [2.05, 4.69) is 9.88 Å². The molecule has 30 heavy (non-hydrogen) atoms. The molecule has 0 aliphatic carbocycles. The van der Waals surface area contributed by atoms with Gasteiger partial charge in [0.2, 0.25) is 11.9 Å². The van der Waals surface area contributed by atoms with Crippen molar-refractivity contribution in [2.45, 2.75) is 13.0 Å². The number of H-pyrrole nitrogens is 1. The molecule has 0 saturated carbocycles. The third-order valence-electron chi connectivity index (χ3n) is 5.81. The number of anilines is 1. The summed E-state index contributed by atoms with van der Waals surface area (Å²) in [7, 11) is 1.66. The molecule has 7 heteroatoms. The molecule has 1 N–H and O–H groups in total. The van der Waals surface area contributed by atoms with Gasteiger partial charge in [0.1, 0.15) is 12.3 Å². The molecule has 7 nitrogen and oxygen atoms in total. The van der Waals surface area contributed by atoms with Crippen LogP contribution >= 0.6 is 0 Å². The van der Waals surface area contributed by atoms with Gasteiger partial charge in [-0.25, -0.2) is 4.98 Å². The predicted molar refractivity (Wildman–Crippen MR) is 118 cm³/mol. The molecule has 1 aliphatic rings. The van der Waals surface area contributed by atoms with Crippen molar-refractivity contribution in [1.29, 1.82) is 0 Å². The number of nitrogens with zero attached hydrogens (tertiary/aromatic N) is 4. The molecule has 0 unspecified atom stereocenters. The molecule has 2 aromatic heterocycles. The lowest BCUT2D eigenvalue weighted by molar-refractivity contribution is -0.131. The number of aromatic nitrogens is 3. The highest BCUT2D eigenvalue weighted by Gasteiger charge is 2.21. The fourth-order valence-electron chi connectivity index (χ4n) is 4.16. The average molecular weight is 403 g/mol. The number of carbonyl (C=O) groups is 1. The summed E-state index contributed by atoms with van der Waals surface area (Å²) in [5, 5.41) is 1.08. The monoisotopic (exact) mass is 403 g/mol. The standard InChI is InChI=1S/C23H25N5O2/c1-30-18-7-8-21-17(15-18)9-12-28(21)16-22(29)26-10-4-11-27(14-13-26)23-24-19-5-2-3-6-20(19)25-23/h2-3,5-9,12,15H,4,10-11,13-14,16H2,1H3,(H,24,25). The van der Waals surface area contributed by atoms with Gasteiger partial charge in [0.05, 0.1) is 18.1 Å². The Labute approximate surface area is 174 Å². The van der Waals surface area contributed by atoms with Gasteiger partial charge < -0.3 is 24.1 Å². The molecule has 0 radical (unpaired) electrons. The van der Waals surface area contributed by atoms with Crippen LogP contribution in [0.4, 0.5) is 5.95 Å². The van der Waals surface area contributed by atoms with E-state index in [-0.39, 0.29) is 5.91 Å². The molecule has 154 valence electrons. The number of nitrogens with one attached hydrogen (secondary N) is 1. The molecule has 5 rings (SSSR count). The molecule has 0 bridgehead atoms. The first kappa shape index (κ1) is 18.5. The van der Waals surface area contributed by atoms with Gasteiger partial charge in [-0.2, -0.15) is 0 Å². The van der Waals surface area contributed by atoms with Gasteiger partial charge >= 0.3 is 0 Å². The number of para-hydroxylation sites is 2. The van der Waals surface area contributed by atoms with Crippen LogP contribution in [0, 0.1) is 0 Å². The van der Waals surface area contributed by atoms with Crippen molar-refractivity contribution in [3.8, 4) is 5.75 Å². The van der Waals surface area contributed by atoms with Gasteiger partial charge in [0.15, 0.2) is 0 Å². The molecule has 1 amide bonds. The zero-order chi connectivity index (χ0) is 20.5. The highest BCUT2D eigenvalue weighted by Crippen LogP contribution is 2.22. The van der Waals surface area contributed by atoms with Gasteiger partial charge in [-0.15, -0.1) is 0 Å². The molecular weight excluding hydrogens is 378 g/mol. The summed E-state index contributed by atoms with van der Waals surface area (Å²) < 4.78 is 7.30. The van der Waals surface area contributed by atoms with Crippen LogP contribution in [-0.4, -0.2) is 58.6 Å². The summed E-state index contributed by atoms with van der Waals surface area (Å²) in [5.41, 5.74) is 3.06. The lowest BCUT2D eigenvalue weighted by Crippen LogP contribution is -2.37.